The molecule has 3 aromatic rings. The number of aliphatic carboxylic acids is 1. The molecule has 34 heavy (non-hydrogen) atoms. The number of nitrogens with one attached hydrogen (secondary N) is 1. The lowest BCUT2D eigenvalue weighted by atomic mass is 9.90. The zero-order valence-corrected chi connectivity index (χ0v) is 19.7. The van der Waals surface area contributed by atoms with Gasteiger partial charge in [0.2, 0.25) is 5.91 Å². The molecule has 1 aliphatic rings. The maximum Gasteiger partial charge on any atom is 0.303 e. The van der Waals surface area contributed by atoms with E-state index in [9.17, 15) is 9.59 Å². The number of halogens is 1. The molecule has 0 aliphatic carbocycles. The molecule has 2 N–H and O–H groups in total. The van der Waals surface area contributed by atoms with Gasteiger partial charge in [-0.3, -0.25) is 19.6 Å². The molecule has 7 nitrogen and oxygen atoms in total. The van der Waals surface area contributed by atoms with Crippen LogP contribution in [0.5, 0.6) is 0 Å². The van der Waals surface area contributed by atoms with Crippen molar-refractivity contribution in [1.82, 2.24) is 9.88 Å². The van der Waals surface area contributed by atoms with Crippen LogP contribution < -0.4 is 5.32 Å². The fourth-order valence-electron chi connectivity index (χ4n) is 3.99. The maximum atomic E-state index is 13.1. The number of benzene rings is 2. The highest BCUT2D eigenvalue weighted by Crippen LogP contribution is 2.37. The molecule has 1 aliphatic heterocycles. The molecule has 1 amide bonds. The molecule has 0 radical (unpaired) electrons. The summed E-state index contributed by atoms with van der Waals surface area (Å²) in [5.41, 5.74) is 5.25. The van der Waals surface area contributed by atoms with Crippen molar-refractivity contribution < 1.29 is 14.7 Å². The molecule has 0 fully saturated rings. The van der Waals surface area contributed by atoms with Crippen molar-refractivity contribution >= 4 is 40.6 Å². The van der Waals surface area contributed by atoms with E-state index in [0.717, 1.165) is 28.9 Å². The SMILES string of the molecule is CN(C)Cc1ccc(N=C(c2ccnc(CCC(=O)O)c2)C2C(=O)Nc3cc(Cl)ccc32)cc1. The highest BCUT2D eigenvalue weighted by atomic mass is 35.5. The minimum atomic E-state index is -0.889. The van der Waals surface area contributed by atoms with E-state index in [0.29, 0.717) is 28.5 Å². The van der Waals surface area contributed by atoms with Crippen LogP contribution in [0.3, 0.4) is 0 Å². The first-order valence-corrected chi connectivity index (χ1v) is 11.3. The van der Waals surface area contributed by atoms with Gasteiger partial charge in [0.25, 0.3) is 0 Å². The summed E-state index contributed by atoms with van der Waals surface area (Å²) in [5, 5.41) is 12.5. The van der Waals surface area contributed by atoms with Gasteiger partial charge in [0, 0.05) is 41.1 Å². The monoisotopic (exact) mass is 476 g/mol. The molecule has 2 aromatic carbocycles. The summed E-state index contributed by atoms with van der Waals surface area (Å²) in [7, 11) is 4.02. The van der Waals surface area contributed by atoms with Crippen molar-refractivity contribution in [2.45, 2.75) is 25.3 Å². The summed E-state index contributed by atoms with van der Waals surface area (Å²) >= 11 is 6.14. The predicted molar refractivity (Wildman–Crippen MR) is 133 cm³/mol. The minimum Gasteiger partial charge on any atom is -0.481 e. The zero-order chi connectivity index (χ0) is 24.2. The second kappa shape index (κ2) is 10.2. The Hall–Kier alpha value is -3.55. The lowest BCUT2D eigenvalue weighted by Gasteiger charge is -2.15. The number of carboxylic acids is 1. The predicted octanol–water partition coefficient (Wildman–Crippen LogP) is 4.67. The average Bonchev–Trinajstić information content (AvgIpc) is 3.11. The molecule has 8 heteroatoms. The van der Waals surface area contributed by atoms with Gasteiger partial charge >= 0.3 is 5.97 Å². The number of aryl methyl sites for hydroxylation is 1. The Kier molecular flexibility index (Phi) is 7.05. The van der Waals surface area contributed by atoms with Crippen LogP contribution >= 0.6 is 11.6 Å². The van der Waals surface area contributed by atoms with Crippen molar-refractivity contribution in [3.8, 4) is 0 Å². The van der Waals surface area contributed by atoms with Gasteiger partial charge in [0.1, 0.15) is 5.92 Å². The summed E-state index contributed by atoms with van der Waals surface area (Å²) < 4.78 is 0. The van der Waals surface area contributed by atoms with E-state index < -0.39 is 11.9 Å². The van der Waals surface area contributed by atoms with E-state index in [1.807, 2.05) is 50.5 Å². The summed E-state index contributed by atoms with van der Waals surface area (Å²) in [6.45, 7) is 0.813. The Morgan fingerprint density at radius 2 is 1.91 bits per heavy atom. The third-order valence-corrected chi connectivity index (χ3v) is 5.75. The third-order valence-electron chi connectivity index (χ3n) is 5.51. The van der Waals surface area contributed by atoms with Gasteiger partial charge in [-0.15, -0.1) is 0 Å². The Bertz CT molecular complexity index is 1260. The largest absolute Gasteiger partial charge is 0.481 e. The van der Waals surface area contributed by atoms with Crippen molar-refractivity contribution in [3.63, 3.8) is 0 Å². The molecular formula is C26H25ClN4O3. The molecule has 174 valence electrons. The van der Waals surface area contributed by atoms with Crippen molar-refractivity contribution in [1.29, 1.82) is 0 Å². The average molecular weight is 477 g/mol. The fourth-order valence-corrected chi connectivity index (χ4v) is 4.16. The molecule has 0 spiro atoms. The fraction of sp³-hybridized carbons (Fsp3) is 0.231. The van der Waals surface area contributed by atoms with Gasteiger partial charge in [-0.05, 0) is 61.6 Å². The van der Waals surface area contributed by atoms with Gasteiger partial charge in [-0.2, -0.15) is 0 Å². The van der Waals surface area contributed by atoms with Crippen molar-refractivity contribution in [2.75, 3.05) is 19.4 Å². The Morgan fingerprint density at radius 3 is 2.62 bits per heavy atom. The summed E-state index contributed by atoms with van der Waals surface area (Å²) in [4.78, 5) is 35.4. The minimum absolute atomic E-state index is 0.0263. The summed E-state index contributed by atoms with van der Waals surface area (Å²) in [5.74, 6) is -1.72. The van der Waals surface area contributed by atoms with Crippen LogP contribution in [0.25, 0.3) is 0 Å². The molecule has 1 unspecified atom stereocenters. The summed E-state index contributed by atoms with van der Waals surface area (Å²) in [6, 6.07) is 16.8. The first-order valence-electron chi connectivity index (χ1n) is 10.9. The quantitative estimate of drug-likeness (QED) is 0.461. The van der Waals surface area contributed by atoms with Crippen molar-refractivity contribution in [2.24, 2.45) is 4.99 Å². The van der Waals surface area contributed by atoms with Gasteiger partial charge in [-0.1, -0.05) is 29.8 Å². The summed E-state index contributed by atoms with van der Waals surface area (Å²) in [6.07, 6.45) is 1.89. The molecule has 4 rings (SSSR count). The Balaban J connectivity index is 1.78. The lowest BCUT2D eigenvalue weighted by Crippen LogP contribution is -2.22. The number of amides is 1. The lowest BCUT2D eigenvalue weighted by molar-refractivity contribution is -0.137. The Morgan fingerprint density at radius 1 is 1.15 bits per heavy atom. The second-order valence-corrected chi connectivity index (χ2v) is 8.92. The van der Waals surface area contributed by atoms with Crippen LogP contribution in [0.1, 0.15) is 34.7 Å². The van der Waals surface area contributed by atoms with Gasteiger partial charge in [0.05, 0.1) is 17.8 Å². The number of fused-ring (bicyclic) bond motifs is 1. The van der Waals surface area contributed by atoms with Gasteiger partial charge < -0.3 is 15.3 Å². The number of rotatable bonds is 8. The van der Waals surface area contributed by atoms with Crippen LogP contribution in [0.2, 0.25) is 5.02 Å². The topological polar surface area (TPSA) is 94.9 Å². The number of anilines is 1. The number of hydrogen-bond donors (Lipinski definition) is 2. The zero-order valence-electron chi connectivity index (χ0n) is 19.0. The number of aromatic nitrogens is 1. The number of carboxylic acid groups (broad SMARTS) is 1. The molecule has 2 heterocycles. The van der Waals surface area contributed by atoms with Crippen LogP contribution in [-0.4, -0.2) is 46.7 Å². The highest BCUT2D eigenvalue weighted by Gasteiger charge is 2.35. The molecule has 0 bridgehead atoms. The normalized spacial score (nSPS) is 15.4. The van der Waals surface area contributed by atoms with E-state index in [-0.39, 0.29) is 12.3 Å². The molecule has 1 atom stereocenters. The smallest absolute Gasteiger partial charge is 0.303 e. The highest BCUT2D eigenvalue weighted by molar-refractivity contribution is 6.31. The number of pyridine rings is 1. The second-order valence-electron chi connectivity index (χ2n) is 8.48. The van der Waals surface area contributed by atoms with E-state index in [1.165, 1.54) is 0 Å². The number of aliphatic imine (C=N–C) groups is 1. The van der Waals surface area contributed by atoms with E-state index in [1.54, 1.807) is 24.4 Å². The maximum absolute atomic E-state index is 13.1. The van der Waals surface area contributed by atoms with Crippen LogP contribution in [0, 0.1) is 0 Å². The van der Waals surface area contributed by atoms with Crippen LogP contribution in [0.15, 0.2) is 65.8 Å². The third kappa shape index (κ3) is 5.50. The van der Waals surface area contributed by atoms with Crippen molar-refractivity contribution in [3.05, 3.63) is 88.2 Å². The number of nitrogens with zero attached hydrogens (tertiary/aromatic N) is 3. The van der Waals surface area contributed by atoms with Crippen LogP contribution in [-0.2, 0) is 22.6 Å². The van der Waals surface area contributed by atoms with Crippen LogP contribution in [0.4, 0.5) is 11.4 Å². The molecule has 1 aromatic heterocycles. The first-order chi connectivity index (χ1) is 16.3. The van der Waals surface area contributed by atoms with Gasteiger partial charge in [-0.25, -0.2) is 0 Å². The standard InChI is InChI=1S/C26H25ClN4O3/c1-31(2)15-16-3-6-19(7-4-16)29-25(17-11-12-28-20(13-17)8-10-23(32)33)24-21-9-5-18(27)14-22(21)30-26(24)34/h3-7,9,11-14,24H,8,10,15H2,1-2H3,(H,30,34)(H,32,33). The first kappa shape index (κ1) is 23.6. The van der Waals surface area contributed by atoms with E-state index in [4.69, 9.17) is 21.7 Å². The number of carbonyl (C=O) groups excluding carboxylic acids is 1. The molecule has 0 saturated carbocycles. The van der Waals surface area contributed by atoms with E-state index >= 15 is 0 Å². The molecule has 0 saturated heterocycles. The number of hydrogen-bond acceptors (Lipinski definition) is 5. The number of carbonyl (C=O) groups is 2. The van der Waals surface area contributed by atoms with Gasteiger partial charge in [0.15, 0.2) is 0 Å². The molecular weight excluding hydrogens is 452 g/mol. The Labute approximate surface area is 203 Å². The van der Waals surface area contributed by atoms with E-state index in [2.05, 4.69) is 15.2 Å².